The molecule has 5 rings (SSSR count). The Hall–Kier alpha value is -4.59. The van der Waals surface area contributed by atoms with Crippen LogP contribution in [-0.4, -0.2) is 9.97 Å². The van der Waals surface area contributed by atoms with Crippen LogP contribution in [0.3, 0.4) is 0 Å². The van der Waals surface area contributed by atoms with Crippen LogP contribution < -0.4 is 5.32 Å². The van der Waals surface area contributed by atoms with Gasteiger partial charge < -0.3 is 5.32 Å². The zero-order valence-electron chi connectivity index (χ0n) is 19.8. The average molecular weight is 467 g/mol. The summed E-state index contributed by atoms with van der Waals surface area (Å²) in [5, 5.41) is 13.3. The molecule has 0 saturated carbocycles. The van der Waals surface area contributed by atoms with Gasteiger partial charge in [-0.15, -0.1) is 0 Å². The third kappa shape index (κ3) is 5.38. The van der Waals surface area contributed by atoms with Crippen molar-refractivity contribution in [2.45, 2.75) is 18.5 Å². The normalized spacial score (nSPS) is 11.7. The Morgan fingerprint density at radius 2 is 1.31 bits per heavy atom. The van der Waals surface area contributed by atoms with Gasteiger partial charge in [0.15, 0.2) is 0 Å². The van der Waals surface area contributed by atoms with Crippen molar-refractivity contribution in [2.75, 3.05) is 0 Å². The van der Waals surface area contributed by atoms with Crippen molar-refractivity contribution in [3.8, 4) is 17.2 Å². The maximum absolute atomic E-state index is 9.55. The molecule has 1 N–H and O–H groups in total. The van der Waals surface area contributed by atoms with Crippen molar-refractivity contribution in [1.29, 1.82) is 5.26 Å². The van der Waals surface area contributed by atoms with E-state index in [0.717, 1.165) is 16.7 Å². The smallest absolute Gasteiger partial charge is 0.0991 e. The number of rotatable bonds is 8. The molecule has 174 valence electrons. The van der Waals surface area contributed by atoms with E-state index in [1.165, 1.54) is 16.7 Å². The lowest BCUT2D eigenvalue weighted by Crippen LogP contribution is -2.28. The summed E-state index contributed by atoms with van der Waals surface area (Å²) in [5.74, 6) is -0.0371. The molecule has 0 radical (unpaired) electrons. The van der Waals surface area contributed by atoms with Crippen LogP contribution in [0, 0.1) is 11.3 Å². The molecule has 2 aromatic heterocycles. The van der Waals surface area contributed by atoms with Crippen molar-refractivity contribution in [3.63, 3.8) is 0 Å². The minimum Gasteiger partial charge on any atom is -0.305 e. The first-order chi connectivity index (χ1) is 17.8. The summed E-state index contributed by atoms with van der Waals surface area (Å²) in [7, 11) is 0. The Kier molecular flexibility index (Phi) is 7.22. The molecular weight excluding hydrogens is 440 g/mol. The van der Waals surface area contributed by atoms with E-state index in [4.69, 9.17) is 0 Å². The van der Waals surface area contributed by atoms with Crippen molar-refractivity contribution >= 4 is 0 Å². The highest BCUT2D eigenvalue weighted by Crippen LogP contribution is 2.37. The van der Waals surface area contributed by atoms with Crippen LogP contribution in [0.25, 0.3) is 11.1 Å². The summed E-state index contributed by atoms with van der Waals surface area (Å²) in [6.07, 6.45) is 7.40. The van der Waals surface area contributed by atoms with Gasteiger partial charge in [0.05, 0.1) is 11.6 Å². The van der Waals surface area contributed by atoms with Crippen LogP contribution in [0.2, 0.25) is 0 Å². The highest BCUT2D eigenvalue weighted by atomic mass is 14.9. The number of nitriles is 1. The highest BCUT2D eigenvalue weighted by Gasteiger charge is 2.27. The molecule has 0 spiro atoms. The van der Waals surface area contributed by atoms with Crippen molar-refractivity contribution in [3.05, 3.63) is 156 Å². The molecule has 0 amide bonds. The van der Waals surface area contributed by atoms with E-state index in [-0.39, 0.29) is 12.0 Å². The highest BCUT2D eigenvalue weighted by molar-refractivity contribution is 5.63. The average Bonchev–Trinajstić information content (AvgIpc) is 2.97. The van der Waals surface area contributed by atoms with Gasteiger partial charge in [0.25, 0.3) is 0 Å². The standard InChI is InChI=1S/C32H26N4/c33-20-25-7-4-10-28(19-25)32(31(29-11-5-17-34-22-29)30-12-6-18-35-23-30)36-21-24-13-15-27(16-14-24)26-8-2-1-3-9-26/h1-19,22-23,31-32,36H,21H2. The molecule has 2 heterocycles. The van der Waals surface area contributed by atoms with E-state index in [1.54, 1.807) is 12.4 Å². The molecule has 5 aromatic rings. The van der Waals surface area contributed by atoms with Crippen LogP contribution in [0.1, 0.15) is 39.8 Å². The van der Waals surface area contributed by atoms with E-state index in [0.29, 0.717) is 12.1 Å². The predicted octanol–water partition coefficient (Wildman–Crippen LogP) is 6.68. The molecule has 0 fully saturated rings. The molecule has 3 aromatic carbocycles. The van der Waals surface area contributed by atoms with Gasteiger partial charge in [-0.3, -0.25) is 9.97 Å². The Morgan fingerprint density at radius 3 is 1.92 bits per heavy atom. The third-order valence-electron chi connectivity index (χ3n) is 6.38. The second-order valence-electron chi connectivity index (χ2n) is 8.71. The SMILES string of the molecule is N#Cc1cccc(C(NCc2ccc(-c3ccccc3)cc2)C(c2cccnc2)c2cccnc2)c1. The van der Waals surface area contributed by atoms with Crippen LogP contribution >= 0.6 is 0 Å². The molecule has 0 saturated heterocycles. The maximum atomic E-state index is 9.55. The molecular formula is C32H26N4. The van der Waals surface area contributed by atoms with Gasteiger partial charge in [0.2, 0.25) is 0 Å². The first-order valence-electron chi connectivity index (χ1n) is 12.0. The fourth-order valence-corrected chi connectivity index (χ4v) is 4.60. The van der Waals surface area contributed by atoms with E-state index in [1.807, 2.05) is 48.8 Å². The Balaban J connectivity index is 1.49. The van der Waals surface area contributed by atoms with Gasteiger partial charge >= 0.3 is 0 Å². The summed E-state index contributed by atoms with van der Waals surface area (Å²) < 4.78 is 0. The van der Waals surface area contributed by atoms with E-state index in [9.17, 15) is 5.26 Å². The molecule has 0 bridgehead atoms. The zero-order chi connectivity index (χ0) is 24.6. The molecule has 4 nitrogen and oxygen atoms in total. The second-order valence-corrected chi connectivity index (χ2v) is 8.71. The zero-order valence-corrected chi connectivity index (χ0v) is 19.8. The molecule has 1 atom stereocenters. The quantitative estimate of drug-likeness (QED) is 0.277. The molecule has 36 heavy (non-hydrogen) atoms. The summed E-state index contributed by atoms with van der Waals surface area (Å²) in [6.45, 7) is 0.674. The van der Waals surface area contributed by atoms with E-state index < -0.39 is 0 Å². The maximum Gasteiger partial charge on any atom is 0.0991 e. The fraction of sp³-hybridized carbons (Fsp3) is 0.0938. The number of hydrogen-bond donors (Lipinski definition) is 1. The van der Waals surface area contributed by atoms with Crippen molar-refractivity contribution in [2.24, 2.45) is 0 Å². The fourth-order valence-electron chi connectivity index (χ4n) is 4.60. The Bertz CT molecular complexity index is 1390. The Morgan fingerprint density at radius 1 is 0.667 bits per heavy atom. The third-order valence-corrected chi connectivity index (χ3v) is 6.38. The lowest BCUT2D eigenvalue weighted by Gasteiger charge is -2.29. The van der Waals surface area contributed by atoms with Crippen LogP contribution in [0.4, 0.5) is 0 Å². The minimum atomic E-state index is -0.0968. The van der Waals surface area contributed by atoms with Crippen molar-refractivity contribution in [1.82, 2.24) is 15.3 Å². The molecule has 0 aliphatic heterocycles. The molecule has 0 aliphatic rings. The second kappa shape index (κ2) is 11.2. The van der Waals surface area contributed by atoms with Gasteiger partial charge in [-0.25, -0.2) is 0 Å². The predicted molar refractivity (Wildman–Crippen MR) is 143 cm³/mol. The van der Waals surface area contributed by atoms with Gasteiger partial charge in [-0.05, 0) is 57.6 Å². The molecule has 4 heteroatoms. The number of nitrogens with one attached hydrogen (secondary N) is 1. The number of benzene rings is 3. The van der Waals surface area contributed by atoms with Crippen LogP contribution in [0.5, 0.6) is 0 Å². The van der Waals surface area contributed by atoms with Gasteiger partial charge in [-0.1, -0.05) is 78.9 Å². The van der Waals surface area contributed by atoms with Crippen LogP contribution in [0.15, 0.2) is 128 Å². The van der Waals surface area contributed by atoms with E-state index >= 15 is 0 Å². The number of aromatic nitrogens is 2. The van der Waals surface area contributed by atoms with Gasteiger partial charge in [0, 0.05) is 43.3 Å². The first-order valence-corrected chi connectivity index (χ1v) is 12.0. The lowest BCUT2D eigenvalue weighted by molar-refractivity contribution is 0.482. The first kappa shape index (κ1) is 23.2. The number of pyridine rings is 2. The molecule has 1 unspecified atom stereocenters. The van der Waals surface area contributed by atoms with Crippen molar-refractivity contribution < 1.29 is 0 Å². The summed E-state index contributed by atoms with van der Waals surface area (Å²) >= 11 is 0. The number of nitrogens with zero attached hydrogens (tertiary/aromatic N) is 3. The van der Waals surface area contributed by atoms with E-state index in [2.05, 4.69) is 88.1 Å². The summed E-state index contributed by atoms with van der Waals surface area (Å²) in [5.41, 5.74) is 7.45. The largest absolute Gasteiger partial charge is 0.305 e. The topological polar surface area (TPSA) is 61.6 Å². The van der Waals surface area contributed by atoms with Crippen LogP contribution in [-0.2, 0) is 6.54 Å². The summed E-state index contributed by atoms with van der Waals surface area (Å²) in [4.78, 5) is 8.79. The summed E-state index contributed by atoms with van der Waals surface area (Å²) in [6, 6.07) is 37.2. The monoisotopic (exact) mass is 466 g/mol. The minimum absolute atomic E-state index is 0.0371. The number of hydrogen-bond acceptors (Lipinski definition) is 4. The van der Waals surface area contributed by atoms with Gasteiger partial charge in [-0.2, -0.15) is 5.26 Å². The molecule has 0 aliphatic carbocycles. The Labute approximate surface area is 212 Å². The lowest BCUT2D eigenvalue weighted by atomic mass is 9.82. The van der Waals surface area contributed by atoms with Gasteiger partial charge in [0.1, 0.15) is 0 Å².